The van der Waals surface area contributed by atoms with Crippen molar-refractivity contribution in [1.82, 2.24) is 0 Å². The van der Waals surface area contributed by atoms with Crippen LogP contribution in [0.15, 0.2) is 30.3 Å². The van der Waals surface area contributed by atoms with Crippen molar-refractivity contribution in [3.05, 3.63) is 35.9 Å². The van der Waals surface area contributed by atoms with E-state index in [2.05, 4.69) is 4.74 Å². The normalized spacial score (nSPS) is 12.1. The van der Waals surface area contributed by atoms with Gasteiger partial charge in [-0.1, -0.05) is 30.3 Å². The molecule has 0 aromatic heterocycles. The Morgan fingerprint density at radius 1 is 1.50 bits per heavy atom. The monoisotopic (exact) mass is 214 g/mol. The molecule has 1 aromatic rings. The van der Waals surface area contributed by atoms with Crippen LogP contribution in [0.4, 0.5) is 4.39 Å². The van der Waals surface area contributed by atoms with Crippen LogP contribution in [-0.2, 0) is 15.3 Å². The van der Waals surface area contributed by atoms with E-state index in [0.29, 0.717) is 5.75 Å². The number of ether oxygens (including phenoxy) is 1. The number of thioether (sulfide) groups is 1. The maximum Gasteiger partial charge on any atom is 0.351 e. The molecule has 76 valence electrons. The van der Waals surface area contributed by atoms with E-state index in [0.717, 1.165) is 17.3 Å². The first kappa shape index (κ1) is 11.0. The maximum atomic E-state index is 13.0. The lowest BCUT2D eigenvalue weighted by molar-refractivity contribution is -0.142. The summed E-state index contributed by atoms with van der Waals surface area (Å²) in [5.41, 5.74) is -0.607. The summed E-state index contributed by atoms with van der Waals surface area (Å²) in [5, 5.41) is 0. The van der Waals surface area contributed by atoms with Gasteiger partial charge in [-0.3, -0.25) is 0 Å². The molecule has 0 aliphatic rings. The third-order valence-electron chi connectivity index (χ3n) is 1.63. The quantitative estimate of drug-likeness (QED) is 0.720. The third-order valence-corrected chi connectivity index (χ3v) is 2.61. The van der Waals surface area contributed by atoms with Gasteiger partial charge in [-0.2, -0.15) is 0 Å². The Bertz CT molecular complexity index is 289. The molecule has 0 N–H and O–H groups in total. The van der Waals surface area contributed by atoms with Crippen LogP contribution in [0.3, 0.4) is 0 Å². The van der Waals surface area contributed by atoms with Crippen LogP contribution < -0.4 is 0 Å². The van der Waals surface area contributed by atoms with Gasteiger partial charge in [0.15, 0.2) is 0 Å². The predicted molar refractivity (Wildman–Crippen MR) is 54.6 cm³/mol. The smallest absolute Gasteiger partial charge is 0.351 e. The number of esters is 1. The second kappa shape index (κ2) is 5.65. The fraction of sp³-hybridized carbons (Fsp3) is 0.300. The second-order valence-corrected chi connectivity index (χ2v) is 3.67. The summed E-state index contributed by atoms with van der Waals surface area (Å²) in [7, 11) is 1.18. The molecule has 0 aliphatic heterocycles. The summed E-state index contributed by atoms with van der Waals surface area (Å²) in [4.78, 5) is 10.7. The molecule has 0 saturated carbocycles. The van der Waals surface area contributed by atoms with Gasteiger partial charge in [0.05, 0.1) is 7.11 Å². The van der Waals surface area contributed by atoms with E-state index in [4.69, 9.17) is 0 Å². The summed E-state index contributed by atoms with van der Waals surface area (Å²) in [6.45, 7) is 0. The zero-order valence-corrected chi connectivity index (χ0v) is 8.59. The Morgan fingerprint density at radius 2 is 2.14 bits per heavy atom. The first-order valence-electron chi connectivity index (χ1n) is 4.11. The fourth-order valence-corrected chi connectivity index (χ4v) is 1.67. The molecule has 1 rings (SSSR count). The molecule has 0 spiro atoms. The highest BCUT2D eigenvalue weighted by molar-refractivity contribution is 7.99. The Labute approximate surface area is 86.5 Å². The molecule has 0 saturated heterocycles. The summed E-state index contributed by atoms with van der Waals surface area (Å²) in [6.07, 6.45) is 0. The Balaban J connectivity index is 2.38. The van der Waals surface area contributed by atoms with Gasteiger partial charge < -0.3 is 4.74 Å². The minimum atomic E-state index is -1.60. The van der Waals surface area contributed by atoms with Crippen LogP contribution in [0, 0.1) is 0 Å². The molecular formula is C10H11FO2S. The van der Waals surface area contributed by atoms with E-state index in [1.807, 2.05) is 30.3 Å². The van der Waals surface area contributed by atoms with Crippen molar-refractivity contribution in [3.63, 3.8) is 0 Å². The van der Waals surface area contributed by atoms with Crippen molar-refractivity contribution in [3.8, 4) is 0 Å². The highest BCUT2D eigenvalue weighted by Crippen LogP contribution is 2.19. The molecule has 0 bridgehead atoms. The lowest BCUT2D eigenvalue weighted by Gasteiger charge is -2.05. The van der Waals surface area contributed by atoms with Crippen molar-refractivity contribution in [2.75, 3.05) is 7.11 Å². The molecule has 2 nitrogen and oxygen atoms in total. The fourth-order valence-electron chi connectivity index (χ4n) is 0.904. The minimum Gasteiger partial charge on any atom is -0.466 e. The summed E-state index contributed by atoms with van der Waals surface area (Å²) >= 11 is 0.921. The first-order chi connectivity index (χ1) is 6.74. The van der Waals surface area contributed by atoms with E-state index in [-0.39, 0.29) is 0 Å². The highest BCUT2D eigenvalue weighted by Gasteiger charge is 2.17. The minimum absolute atomic E-state index is 0.469. The summed E-state index contributed by atoms with van der Waals surface area (Å²) in [6, 6.07) is 9.41. The van der Waals surface area contributed by atoms with Crippen molar-refractivity contribution in [1.29, 1.82) is 0 Å². The molecule has 0 fully saturated rings. The Hall–Kier alpha value is -1.03. The molecule has 1 aromatic carbocycles. The summed E-state index contributed by atoms with van der Waals surface area (Å²) in [5.74, 6) is -0.358. The van der Waals surface area contributed by atoms with Crippen molar-refractivity contribution in [2.45, 2.75) is 11.3 Å². The second-order valence-electron chi connectivity index (χ2n) is 2.64. The van der Waals surface area contributed by atoms with E-state index >= 15 is 0 Å². The van der Waals surface area contributed by atoms with Crippen LogP contribution >= 0.6 is 11.8 Å². The van der Waals surface area contributed by atoms with Gasteiger partial charge in [0, 0.05) is 5.75 Å². The number of alkyl halides is 1. The van der Waals surface area contributed by atoms with Crippen LogP contribution in [0.2, 0.25) is 0 Å². The average molecular weight is 214 g/mol. The van der Waals surface area contributed by atoms with Gasteiger partial charge in [-0.15, -0.1) is 11.8 Å². The predicted octanol–water partition coefficient (Wildman–Crippen LogP) is 2.39. The van der Waals surface area contributed by atoms with E-state index < -0.39 is 11.5 Å². The molecule has 0 aliphatic carbocycles. The molecule has 1 unspecified atom stereocenters. The topological polar surface area (TPSA) is 26.3 Å². The number of halogens is 1. The lowest BCUT2D eigenvalue weighted by atomic mass is 10.2. The molecular weight excluding hydrogens is 203 g/mol. The summed E-state index contributed by atoms with van der Waals surface area (Å²) < 4.78 is 17.2. The lowest BCUT2D eigenvalue weighted by Crippen LogP contribution is -2.13. The highest BCUT2D eigenvalue weighted by atomic mass is 32.2. The number of carbonyl (C=O) groups excluding carboxylic acids is 1. The van der Waals surface area contributed by atoms with E-state index in [1.54, 1.807) is 0 Å². The van der Waals surface area contributed by atoms with Crippen LogP contribution in [0.25, 0.3) is 0 Å². The Morgan fingerprint density at radius 3 is 2.71 bits per heavy atom. The van der Waals surface area contributed by atoms with Crippen molar-refractivity contribution >= 4 is 17.7 Å². The van der Waals surface area contributed by atoms with Gasteiger partial charge in [-0.05, 0) is 5.56 Å². The molecule has 0 radical (unpaired) electrons. The van der Waals surface area contributed by atoms with Crippen LogP contribution in [-0.4, -0.2) is 18.6 Å². The molecule has 0 amide bonds. The van der Waals surface area contributed by atoms with Crippen LogP contribution in [0.1, 0.15) is 5.56 Å². The molecule has 4 heteroatoms. The van der Waals surface area contributed by atoms with Crippen LogP contribution in [0.5, 0.6) is 0 Å². The van der Waals surface area contributed by atoms with Gasteiger partial charge in [0.1, 0.15) is 0 Å². The first-order valence-corrected chi connectivity index (χ1v) is 5.16. The van der Waals surface area contributed by atoms with Gasteiger partial charge in [-0.25, -0.2) is 9.18 Å². The number of carbonyl (C=O) groups is 1. The average Bonchev–Trinajstić information content (AvgIpc) is 2.26. The van der Waals surface area contributed by atoms with E-state index in [9.17, 15) is 9.18 Å². The molecule has 1 atom stereocenters. The Kier molecular flexibility index (Phi) is 4.46. The number of hydrogen-bond donors (Lipinski definition) is 0. The SMILES string of the molecule is COC(=O)C(F)SCc1ccccc1. The number of hydrogen-bond acceptors (Lipinski definition) is 3. The zero-order valence-electron chi connectivity index (χ0n) is 7.77. The number of rotatable bonds is 4. The van der Waals surface area contributed by atoms with Gasteiger partial charge >= 0.3 is 5.97 Å². The maximum absolute atomic E-state index is 13.0. The van der Waals surface area contributed by atoms with E-state index in [1.165, 1.54) is 7.11 Å². The zero-order chi connectivity index (χ0) is 10.4. The number of methoxy groups -OCH3 is 1. The van der Waals surface area contributed by atoms with Crippen molar-refractivity contribution in [2.24, 2.45) is 0 Å². The largest absolute Gasteiger partial charge is 0.466 e. The van der Waals surface area contributed by atoms with Gasteiger partial charge in [0.2, 0.25) is 5.50 Å². The van der Waals surface area contributed by atoms with Crippen molar-refractivity contribution < 1.29 is 13.9 Å². The molecule has 14 heavy (non-hydrogen) atoms. The third kappa shape index (κ3) is 3.38. The molecule has 0 heterocycles. The van der Waals surface area contributed by atoms with Gasteiger partial charge in [0.25, 0.3) is 0 Å². The number of benzene rings is 1. The standard InChI is InChI=1S/C10H11FO2S/c1-13-10(12)9(11)14-7-8-5-3-2-4-6-8/h2-6,9H,7H2,1H3.